The molecule has 0 atom stereocenters. The van der Waals surface area contributed by atoms with Crippen molar-refractivity contribution in [1.82, 2.24) is 0 Å². The number of unbranched alkanes of at least 4 members (excludes halogenated alkanes) is 1. The average molecular weight is 263 g/mol. The normalized spacial score (nSPS) is 9.95. The van der Waals surface area contributed by atoms with Gasteiger partial charge in [-0.15, -0.1) is 0 Å². The van der Waals surface area contributed by atoms with Crippen LogP contribution in [0.15, 0.2) is 18.2 Å². The van der Waals surface area contributed by atoms with Gasteiger partial charge in [-0.2, -0.15) is 5.26 Å². The number of rotatable bonds is 7. The number of hydrogen-bond acceptors (Lipinski definition) is 5. The summed E-state index contributed by atoms with van der Waals surface area (Å²) < 4.78 is 0. The number of anilines is 1. The summed E-state index contributed by atoms with van der Waals surface area (Å²) in [6.45, 7) is 2.87. The second-order valence-electron chi connectivity index (χ2n) is 4.14. The summed E-state index contributed by atoms with van der Waals surface area (Å²) in [6, 6.07) is 6.24. The van der Waals surface area contributed by atoms with Crippen molar-refractivity contribution in [3.8, 4) is 6.07 Å². The van der Waals surface area contributed by atoms with Crippen LogP contribution < -0.4 is 4.90 Å². The summed E-state index contributed by atoms with van der Waals surface area (Å²) in [5.74, 6) is 0. The van der Waals surface area contributed by atoms with Crippen molar-refractivity contribution in [3.63, 3.8) is 0 Å². The molecule has 0 saturated heterocycles. The fraction of sp³-hybridized carbons (Fsp3) is 0.462. The third-order valence-electron chi connectivity index (χ3n) is 2.79. The number of nitro groups is 1. The molecule has 6 heteroatoms. The van der Waals surface area contributed by atoms with Gasteiger partial charge in [0, 0.05) is 19.2 Å². The van der Waals surface area contributed by atoms with Gasteiger partial charge in [0.15, 0.2) is 0 Å². The van der Waals surface area contributed by atoms with Crippen molar-refractivity contribution in [2.75, 3.05) is 24.6 Å². The van der Waals surface area contributed by atoms with E-state index >= 15 is 0 Å². The SMILES string of the molecule is CCCCN(CCO)c1cc(C#N)ccc1[N+](=O)[O-]. The molecule has 0 heterocycles. The van der Waals surface area contributed by atoms with Crippen molar-refractivity contribution in [2.24, 2.45) is 0 Å². The first-order valence-electron chi connectivity index (χ1n) is 6.18. The zero-order valence-electron chi connectivity index (χ0n) is 10.9. The zero-order valence-corrected chi connectivity index (χ0v) is 10.9. The first-order chi connectivity index (χ1) is 9.13. The van der Waals surface area contributed by atoms with Crippen LogP contribution in [-0.2, 0) is 0 Å². The molecule has 1 aromatic carbocycles. The molecule has 0 aliphatic heterocycles. The second kappa shape index (κ2) is 7.34. The molecule has 19 heavy (non-hydrogen) atoms. The highest BCUT2D eigenvalue weighted by Gasteiger charge is 2.19. The standard InChI is InChI=1S/C13H17N3O3/c1-2-3-6-15(7-8-17)13-9-11(10-14)4-5-12(13)16(18)19/h4-5,9,17H,2-3,6-8H2,1H3. The Labute approximate surface area is 112 Å². The van der Waals surface area contributed by atoms with Gasteiger partial charge in [0.2, 0.25) is 0 Å². The highest BCUT2D eigenvalue weighted by molar-refractivity contribution is 5.66. The topological polar surface area (TPSA) is 90.4 Å². The van der Waals surface area contributed by atoms with Gasteiger partial charge in [0.05, 0.1) is 23.2 Å². The minimum Gasteiger partial charge on any atom is -0.395 e. The number of nitro benzene ring substituents is 1. The molecular formula is C13H17N3O3. The molecule has 0 radical (unpaired) electrons. The molecule has 0 spiro atoms. The van der Waals surface area contributed by atoms with Crippen LogP contribution in [0.1, 0.15) is 25.3 Å². The van der Waals surface area contributed by atoms with Gasteiger partial charge in [-0.3, -0.25) is 10.1 Å². The molecule has 0 saturated carbocycles. The Morgan fingerprint density at radius 3 is 2.74 bits per heavy atom. The highest BCUT2D eigenvalue weighted by Crippen LogP contribution is 2.29. The summed E-state index contributed by atoms with van der Waals surface area (Å²) in [4.78, 5) is 12.3. The van der Waals surface area contributed by atoms with Crippen LogP contribution in [0.5, 0.6) is 0 Å². The maximum absolute atomic E-state index is 11.0. The lowest BCUT2D eigenvalue weighted by atomic mass is 10.1. The Morgan fingerprint density at radius 1 is 1.47 bits per heavy atom. The summed E-state index contributed by atoms with van der Waals surface area (Å²) in [5, 5.41) is 29.0. The molecule has 102 valence electrons. The van der Waals surface area contributed by atoms with E-state index in [0.717, 1.165) is 12.8 Å². The van der Waals surface area contributed by atoms with Gasteiger partial charge < -0.3 is 10.0 Å². The zero-order chi connectivity index (χ0) is 14.3. The van der Waals surface area contributed by atoms with E-state index in [2.05, 4.69) is 0 Å². The van der Waals surface area contributed by atoms with Crippen molar-refractivity contribution >= 4 is 11.4 Å². The van der Waals surface area contributed by atoms with E-state index in [4.69, 9.17) is 10.4 Å². The number of aliphatic hydroxyl groups excluding tert-OH is 1. The molecular weight excluding hydrogens is 246 g/mol. The molecule has 0 aliphatic rings. The summed E-state index contributed by atoms with van der Waals surface area (Å²) in [5.41, 5.74) is 0.732. The smallest absolute Gasteiger partial charge is 0.292 e. The average Bonchev–Trinajstić information content (AvgIpc) is 2.42. The van der Waals surface area contributed by atoms with E-state index in [1.54, 1.807) is 4.90 Å². The van der Waals surface area contributed by atoms with E-state index in [0.29, 0.717) is 24.3 Å². The van der Waals surface area contributed by atoms with Crippen LogP contribution in [0.25, 0.3) is 0 Å². The van der Waals surface area contributed by atoms with Crippen LogP contribution >= 0.6 is 0 Å². The molecule has 1 N–H and O–H groups in total. The van der Waals surface area contributed by atoms with E-state index in [1.165, 1.54) is 18.2 Å². The van der Waals surface area contributed by atoms with Crippen LogP contribution in [-0.4, -0.2) is 29.7 Å². The predicted molar refractivity (Wildman–Crippen MR) is 72.0 cm³/mol. The van der Waals surface area contributed by atoms with Gasteiger partial charge in [-0.05, 0) is 18.6 Å². The van der Waals surface area contributed by atoms with E-state index in [1.807, 2.05) is 13.0 Å². The Bertz CT molecular complexity index is 483. The number of nitrogens with zero attached hydrogens (tertiary/aromatic N) is 3. The van der Waals surface area contributed by atoms with Gasteiger partial charge in [-0.1, -0.05) is 13.3 Å². The fourth-order valence-electron chi connectivity index (χ4n) is 1.82. The minimum absolute atomic E-state index is 0.0384. The molecule has 0 bridgehead atoms. The highest BCUT2D eigenvalue weighted by atomic mass is 16.6. The van der Waals surface area contributed by atoms with Crippen LogP contribution in [0, 0.1) is 21.4 Å². The number of hydrogen-bond donors (Lipinski definition) is 1. The summed E-state index contributed by atoms with van der Waals surface area (Å²) in [6.07, 6.45) is 1.82. The van der Waals surface area contributed by atoms with E-state index in [9.17, 15) is 10.1 Å². The quantitative estimate of drug-likeness (QED) is 0.600. The fourth-order valence-corrected chi connectivity index (χ4v) is 1.82. The van der Waals surface area contributed by atoms with Crippen LogP contribution in [0.4, 0.5) is 11.4 Å². The molecule has 0 unspecified atom stereocenters. The van der Waals surface area contributed by atoms with Crippen molar-refractivity contribution in [1.29, 1.82) is 5.26 Å². The summed E-state index contributed by atoms with van der Waals surface area (Å²) >= 11 is 0. The van der Waals surface area contributed by atoms with E-state index in [-0.39, 0.29) is 12.3 Å². The van der Waals surface area contributed by atoms with Gasteiger partial charge in [0.1, 0.15) is 5.69 Å². The molecule has 0 aliphatic carbocycles. The third kappa shape index (κ3) is 3.93. The van der Waals surface area contributed by atoms with Gasteiger partial charge in [-0.25, -0.2) is 0 Å². The van der Waals surface area contributed by atoms with Crippen LogP contribution in [0.3, 0.4) is 0 Å². The number of benzene rings is 1. The number of aliphatic hydroxyl groups is 1. The molecule has 0 amide bonds. The van der Waals surface area contributed by atoms with E-state index < -0.39 is 4.92 Å². The monoisotopic (exact) mass is 263 g/mol. The molecule has 1 rings (SSSR count). The first-order valence-corrected chi connectivity index (χ1v) is 6.18. The second-order valence-corrected chi connectivity index (χ2v) is 4.14. The predicted octanol–water partition coefficient (Wildman–Crippen LogP) is 2.07. The maximum atomic E-state index is 11.0. The maximum Gasteiger partial charge on any atom is 0.292 e. The molecule has 0 fully saturated rings. The Kier molecular flexibility index (Phi) is 5.76. The molecule has 1 aromatic rings. The Hall–Kier alpha value is -2.13. The lowest BCUT2D eigenvalue weighted by molar-refractivity contribution is -0.384. The minimum atomic E-state index is -0.465. The lowest BCUT2D eigenvalue weighted by Gasteiger charge is -2.23. The Balaban J connectivity index is 3.17. The third-order valence-corrected chi connectivity index (χ3v) is 2.79. The molecule has 0 aromatic heterocycles. The number of nitriles is 1. The van der Waals surface area contributed by atoms with Crippen molar-refractivity contribution in [3.05, 3.63) is 33.9 Å². The van der Waals surface area contributed by atoms with Gasteiger partial charge in [0.25, 0.3) is 5.69 Å². The van der Waals surface area contributed by atoms with Crippen LogP contribution in [0.2, 0.25) is 0 Å². The van der Waals surface area contributed by atoms with Gasteiger partial charge >= 0.3 is 0 Å². The largest absolute Gasteiger partial charge is 0.395 e. The first kappa shape index (κ1) is 14.9. The van der Waals surface area contributed by atoms with Crippen molar-refractivity contribution < 1.29 is 10.0 Å². The van der Waals surface area contributed by atoms with Crippen molar-refractivity contribution in [2.45, 2.75) is 19.8 Å². The Morgan fingerprint density at radius 2 is 2.21 bits per heavy atom. The lowest BCUT2D eigenvalue weighted by Crippen LogP contribution is -2.28. The molecule has 6 nitrogen and oxygen atoms in total. The summed E-state index contributed by atoms with van der Waals surface area (Å²) in [7, 11) is 0.